The van der Waals surface area contributed by atoms with E-state index in [4.69, 9.17) is 4.74 Å². The van der Waals surface area contributed by atoms with Crippen molar-refractivity contribution in [1.29, 1.82) is 0 Å². The third-order valence-corrected chi connectivity index (χ3v) is 8.13. The Kier molecular flexibility index (Phi) is 6.09. The van der Waals surface area contributed by atoms with Gasteiger partial charge in [0.15, 0.2) is 0 Å². The zero-order valence-electron chi connectivity index (χ0n) is 19.8. The van der Waals surface area contributed by atoms with Crippen LogP contribution in [0.15, 0.2) is 65.6 Å². The molecule has 0 atom stereocenters. The molecule has 2 heterocycles. The summed E-state index contributed by atoms with van der Waals surface area (Å²) in [5.74, 6) is -1.98. The summed E-state index contributed by atoms with van der Waals surface area (Å²) in [6.45, 7) is 0.963. The van der Waals surface area contributed by atoms with Crippen molar-refractivity contribution >= 4 is 32.6 Å². The third-order valence-electron chi connectivity index (χ3n) is 6.37. The maximum absolute atomic E-state index is 14.0. The molecule has 4 aromatic rings. The van der Waals surface area contributed by atoms with Crippen molar-refractivity contribution < 1.29 is 40.6 Å². The van der Waals surface area contributed by atoms with E-state index in [2.05, 4.69) is 0 Å². The Bertz CT molecular complexity index is 1700. The Morgan fingerprint density at radius 3 is 2.53 bits per heavy atom. The highest BCUT2D eigenvalue weighted by Gasteiger charge is 2.32. The highest BCUT2D eigenvalue weighted by molar-refractivity contribution is 7.90. The zero-order chi connectivity index (χ0) is 27.4. The minimum atomic E-state index is -4.65. The number of carbonyl (C=O) groups is 1. The molecule has 0 amide bonds. The average Bonchev–Trinajstić information content (AvgIpc) is 3.22. The quantitative estimate of drug-likeness (QED) is 0.347. The molecule has 0 radical (unpaired) electrons. The Morgan fingerprint density at radius 1 is 1.05 bits per heavy atom. The normalized spacial score (nSPS) is 13.9. The number of carboxylic acid groups (broad SMARTS) is 1. The van der Waals surface area contributed by atoms with Crippen LogP contribution >= 0.6 is 0 Å². The molecule has 198 valence electrons. The van der Waals surface area contributed by atoms with Gasteiger partial charge >= 0.3 is 12.1 Å². The van der Waals surface area contributed by atoms with Gasteiger partial charge < -0.3 is 14.7 Å². The third kappa shape index (κ3) is 4.44. The largest absolute Gasteiger partial charge is 0.490 e. The van der Waals surface area contributed by atoms with Gasteiger partial charge in [-0.15, -0.1) is 0 Å². The fourth-order valence-corrected chi connectivity index (χ4v) is 6.05. The van der Waals surface area contributed by atoms with Crippen LogP contribution < -0.4 is 9.64 Å². The Hall–Kier alpha value is -4.06. The van der Waals surface area contributed by atoms with Gasteiger partial charge in [-0.1, -0.05) is 6.07 Å². The second kappa shape index (κ2) is 9.05. The van der Waals surface area contributed by atoms with E-state index in [1.165, 1.54) is 30.3 Å². The Labute approximate surface area is 214 Å². The topological polar surface area (TPSA) is 88.8 Å². The first kappa shape index (κ1) is 25.6. The number of rotatable bonds is 5. The molecular formula is C26H20F4N2O5S. The van der Waals surface area contributed by atoms with Crippen molar-refractivity contribution in [1.82, 2.24) is 3.97 Å². The van der Waals surface area contributed by atoms with E-state index in [0.29, 0.717) is 24.6 Å². The maximum Gasteiger partial charge on any atom is 0.416 e. The lowest BCUT2D eigenvalue weighted by molar-refractivity contribution is -0.137. The maximum atomic E-state index is 14.0. The van der Waals surface area contributed by atoms with Gasteiger partial charge in [0.1, 0.15) is 18.2 Å². The van der Waals surface area contributed by atoms with Gasteiger partial charge in [0.2, 0.25) is 0 Å². The lowest BCUT2D eigenvalue weighted by Gasteiger charge is -2.28. The van der Waals surface area contributed by atoms with Crippen LogP contribution in [-0.4, -0.2) is 43.7 Å². The number of aromatic carboxylic acids is 1. The number of likely N-dealkylation sites (N-methyl/N-ethyl adjacent to an activating group) is 1. The molecule has 38 heavy (non-hydrogen) atoms. The van der Waals surface area contributed by atoms with E-state index < -0.39 is 39.1 Å². The summed E-state index contributed by atoms with van der Waals surface area (Å²) in [7, 11) is -2.57. The van der Waals surface area contributed by atoms with Crippen LogP contribution in [0.1, 0.15) is 27.2 Å². The average molecular weight is 549 g/mol. The number of alkyl halides is 3. The molecule has 1 aromatic heterocycles. The lowest BCUT2D eigenvalue weighted by Crippen LogP contribution is -2.29. The van der Waals surface area contributed by atoms with Crippen LogP contribution in [0.5, 0.6) is 5.75 Å². The standard InChI is InChI=1S/C26H20F4N2O5S/c1-31-8-9-37-24-7-4-19(14-23(24)31)38(35,36)32-18(10-15-2-5-21(27)20(11-15)25(33)34)13-16-12-17(26(28,29)30)3-6-22(16)32/h2-7,11-14H,8-10H2,1H3,(H,33,34). The van der Waals surface area contributed by atoms with Gasteiger partial charge in [-0.25, -0.2) is 21.6 Å². The number of carboxylic acids is 1. The summed E-state index contributed by atoms with van der Waals surface area (Å²) in [5, 5.41) is 9.29. The highest BCUT2D eigenvalue weighted by atomic mass is 32.2. The molecule has 0 bridgehead atoms. The van der Waals surface area contributed by atoms with Crippen molar-refractivity contribution in [3.63, 3.8) is 0 Å². The number of hydrogen-bond donors (Lipinski definition) is 1. The van der Waals surface area contributed by atoms with E-state index in [1.807, 2.05) is 4.90 Å². The predicted octanol–water partition coefficient (Wildman–Crippen LogP) is 5.15. The number of ether oxygens (including phenoxy) is 1. The van der Waals surface area contributed by atoms with E-state index in [9.17, 15) is 35.9 Å². The first-order valence-electron chi connectivity index (χ1n) is 11.3. The fraction of sp³-hybridized carbons (Fsp3) is 0.192. The van der Waals surface area contributed by atoms with Crippen molar-refractivity contribution in [2.24, 2.45) is 0 Å². The van der Waals surface area contributed by atoms with Gasteiger partial charge in [0.05, 0.1) is 33.8 Å². The van der Waals surface area contributed by atoms with Gasteiger partial charge in [-0.05, 0) is 60.2 Å². The first-order chi connectivity index (χ1) is 17.9. The second-order valence-electron chi connectivity index (χ2n) is 8.87. The van der Waals surface area contributed by atoms with Crippen LogP contribution in [0, 0.1) is 5.82 Å². The van der Waals surface area contributed by atoms with Crippen LogP contribution in [0.2, 0.25) is 0 Å². The van der Waals surface area contributed by atoms with Crippen LogP contribution in [-0.2, 0) is 22.6 Å². The van der Waals surface area contributed by atoms with Crippen LogP contribution in [0.25, 0.3) is 10.9 Å². The monoisotopic (exact) mass is 548 g/mol. The molecule has 12 heteroatoms. The van der Waals surface area contributed by atoms with Gasteiger partial charge in [0.25, 0.3) is 10.0 Å². The zero-order valence-corrected chi connectivity index (χ0v) is 20.6. The molecule has 0 saturated heterocycles. The number of hydrogen-bond acceptors (Lipinski definition) is 5. The molecule has 0 fully saturated rings. The summed E-state index contributed by atoms with van der Waals surface area (Å²) in [6, 6.07) is 11.7. The number of halogens is 4. The molecule has 1 N–H and O–H groups in total. The molecule has 0 aliphatic carbocycles. The molecule has 5 rings (SSSR count). The van der Waals surface area contributed by atoms with Crippen molar-refractivity contribution in [3.05, 3.63) is 88.9 Å². The summed E-state index contributed by atoms with van der Waals surface area (Å²) < 4.78 is 88.5. The lowest BCUT2D eigenvalue weighted by atomic mass is 10.1. The molecule has 0 spiro atoms. The smallest absolute Gasteiger partial charge is 0.416 e. The van der Waals surface area contributed by atoms with E-state index in [0.717, 1.165) is 34.3 Å². The van der Waals surface area contributed by atoms with Crippen molar-refractivity contribution in [3.8, 4) is 5.75 Å². The van der Waals surface area contributed by atoms with Gasteiger partial charge in [-0.3, -0.25) is 0 Å². The molecule has 1 aliphatic rings. The number of aromatic nitrogens is 1. The minimum absolute atomic E-state index is 0.0101. The number of anilines is 1. The summed E-state index contributed by atoms with van der Waals surface area (Å²) in [5.41, 5.74) is -0.670. The number of nitrogens with zero attached hydrogens (tertiary/aromatic N) is 2. The Balaban J connectivity index is 1.70. The number of fused-ring (bicyclic) bond motifs is 2. The summed E-state index contributed by atoms with van der Waals surface area (Å²) in [4.78, 5) is 13.1. The van der Waals surface area contributed by atoms with E-state index in [1.54, 1.807) is 7.05 Å². The summed E-state index contributed by atoms with van der Waals surface area (Å²) in [6.07, 6.45) is -4.84. The van der Waals surface area contributed by atoms with Crippen molar-refractivity contribution in [2.75, 3.05) is 25.1 Å². The summed E-state index contributed by atoms with van der Waals surface area (Å²) >= 11 is 0. The van der Waals surface area contributed by atoms with Gasteiger partial charge in [-0.2, -0.15) is 13.2 Å². The van der Waals surface area contributed by atoms with Crippen LogP contribution in [0.4, 0.5) is 23.2 Å². The molecule has 0 unspecified atom stereocenters. The molecule has 0 saturated carbocycles. The molecule has 3 aromatic carbocycles. The first-order valence-corrected chi connectivity index (χ1v) is 12.8. The van der Waals surface area contributed by atoms with E-state index in [-0.39, 0.29) is 33.5 Å². The molecule has 1 aliphatic heterocycles. The second-order valence-corrected chi connectivity index (χ2v) is 10.7. The number of benzene rings is 3. The minimum Gasteiger partial charge on any atom is -0.490 e. The van der Waals surface area contributed by atoms with Crippen LogP contribution in [0.3, 0.4) is 0 Å². The highest BCUT2D eigenvalue weighted by Crippen LogP contribution is 2.37. The molecular weight excluding hydrogens is 528 g/mol. The van der Waals surface area contributed by atoms with Gasteiger partial charge in [0, 0.05) is 24.5 Å². The SMILES string of the molecule is CN1CCOc2ccc(S(=O)(=O)n3c(Cc4ccc(F)c(C(=O)O)c4)cc4cc(C(F)(F)F)ccc43)cc21. The predicted molar refractivity (Wildman–Crippen MR) is 131 cm³/mol. The van der Waals surface area contributed by atoms with E-state index >= 15 is 0 Å². The fourth-order valence-electron chi connectivity index (χ4n) is 4.48. The molecule has 7 nitrogen and oxygen atoms in total. The van der Waals surface area contributed by atoms with Crippen molar-refractivity contribution in [2.45, 2.75) is 17.5 Å². The Morgan fingerprint density at radius 2 is 1.82 bits per heavy atom.